The summed E-state index contributed by atoms with van der Waals surface area (Å²) < 4.78 is 1.46. The molecule has 2 aromatic heterocycles. The third kappa shape index (κ3) is 10.2. The van der Waals surface area contributed by atoms with Gasteiger partial charge in [-0.05, 0) is 39.5 Å². The number of amides is 5. The van der Waals surface area contributed by atoms with Crippen LogP contribution in [0.4, 0.5) is 0 Å². The van der Waals surface area contributed by atoms with Gasteiger partial charge in [0.2, 0.25) is 29.5 Å². The van der Waals surface area contributed by atoms with Crippen molar-refractivity contribution < 1.29 is 24.0 Å². The Bertz CT molecular complexity index is 1570. The lowest BCUT2D eigenvalue weighted by molar-refractivity contribution is -0.137. The van der Waals surface area contributed by atoms with Crippen LogP contribution < -0.4 is 21.3 Å². The highest BCUT2D eigenvalue weighted by Crippen LogP contribution is 2.19. The van der Waals surface area contributed by atoms with Gasteiger partial charge in [0, 0.05) is 24.0 Å². The second-order valence-electron chi connectivity index (χ2n) is 12.1. The summed E-state index contributed by atoms with van der Waals surface area (Å²) in [7, 11) is 0. The monoisotopic (exact) mass is 665 g/mol. The first-order valence-electron chi connectivity index (χ1n) is 15.7. The summed E-state index contributed by atoms with van der Waals surface area (Å²) in [6, 6.07) is 6.76. The van der Waals surface area contributed by atoms with E-state index in [0.717, 1.165) is 10.6 Å². The fourth-order valence-electron chi connectivity index (χ4n) is 5.14. The lowest BCUT2D eigenvalue weighted by Gasteiger charge is -2.25. The summed E-state index contributed by atoms with van der Waals surface area (Å²) in [6.45, 7) is 8.95. The molecule has 0 spiro atoms. The summed E-state index contributed by atoms with van der Waals surface area (Å²) in [5, 5.41) is 18.4. The molecule has 5 amide bonds. The van der Waals surface area contributed by atoms with E-state index in [1.54, 1.807) is 12.3 Å². The maximum atomic E-state index is 13.5. The highest BCUT2D eigenvalue weighted by Gasteiger charge is 2.29. The number of fused-ring (bicyclic) bond motifs is 1. The largest absolute Gasteiger partial charge is 0.354 e. The standard InChI is InChI=1S/C32H43N9O5S/c1-19(2)14-25-32(46)35-20(3)30-38-29(23-10-7-6-8-11-23)39-41(30)17-26(42)33-12-9-13-40(16-27(43)34-21(4)31(45)37-25)28(44)15-24-18-47-22(5)36-24/h6-8,10-11,18-21,25H,9,12-17H2,1-5H3,(H,33,42)(H,34,43)(H,35,46)(H,37,45)/t20-,21+,25+/m0/s1. The van der Waals surface area contributed by atoms with Crippen molar-refractivity contribution in [2.24, 2.45) is 5.92 Å². The molecule has 1 aliphatic heterocycles. The number of nitrogens with zero attached hydrogens (tertiary/aromatic N) is 5. The van der Waals surface area contributed by atoms with Crippen LogP contribution in [0.25, 0.3) is 11.4 Å². The second-order valence-corrected chi connectivity index (χ2v) is 13.1. The van der Waals surface area contributed by atoms with E-state index < -0.39 is 35.8 Å². The van der Waals surface area contributed by atoms with E-state index in [-0.39, 0.29) is 50.3 Å². The number of carbonyl (C=O) groups excluding carboxylic acids is 5. The fraction of sp³-hybridized carbons (Fsp3) is 0.500. The molecule has 4 N–H and O–H groups in total. The quantitative estimate of drug-likeness (QED) is 0.317. The van der Waals surface area contributed by atoms with E-state index in [0.29, 0.717) is 30.2 Å². The van der Waals surface area contributed by atoms with Gasteiger partial charge in [0.15, 0.2) is 5.82 Å². The van der Waals surface area contributed by atoms with Crippen LogP contribution in [0, 0.1) is 12.8 Å². The predicted molar refractivity (Wildman–Crippen MR) is 176 cm³/mol. The van der Waals surface area contributed by atoms with E-state index in [1.807, 2.05) is 51.1 Å². The Hall–Kier alpha value is -4.66. The third-order valence-electron chi connectivity index (χ3n) is 7.50. The van der Waals surface area contributed by atoms with Gasteiger partial charge in [0.05, 0.1) is 29.7 Å². The molecule has 3 heterocycles. The maximum Gasteiger partial charge on any atom is 0.243 e. The molecule has 0 saturated heterocycles. The summed E-state index contributed by atoms with van der Waals surface area (Å²) in [4.78, 5) is 76.5. The topological polar surface area (TPSA) is 180 Å². The molecule has 3 aromatic rings. The number of aryl methyl sites for hydroxylation is 1. The molecule has 1 aliphatic rings. The van der Waals surface area contributed by atoms with Crippen molar-refractivity contribution in [1.82, 2.24) is 45.9 Å². The van der Waals surface area contributed by atoms with Crippen molar-refractivity contribution in [2.75, 3.05) is 19.6 Å². The minimum absolute atomic E-state index is 0.0169. The van der Waals surface area contributed by atoms with E-state index in [2.05, 4.69) is 36.3 Å². The average molecular weight is 666 g/mol. The van der Waals surface area contributed by atoms with E-state index >= 15 is 0 Å². The summed E-state index contributed by atoms with van der Waals surface area (Å²) in [5.74, 6) is -1.31. The summed E-state index contributed by atoms with van der Waals surface area (Å²) >= 11 is 1.43. The Kier molecular flexibility index (Phi) is 12.2. The van der Waals surface area contributed by atoms with Gasteiger partial charge in [-0.1, -0.05) is 44.2 Å². The van der Waals surface area contributed by atoms with Crippen molar-refractivity contribution in [3.8, 4) is 11.4 Å². The molecule has 0 bridgehead atoms. The molecule has 14 nitrogen and oxygen atoms in total. The highest BCUT2D eigenvalue weighted by atomic mass is 32.1. The molecule has 252 valence electrons. The molecule has 0 aliphatic carbocycles. The first-order chi connectivity index (χ1) is 22.4. The number of benzene rings is 1. The summed E-state index contributed by atoms with van der Waals surface area (Å²) in [6.07, 6.45) is 0.733. The van der Waals surface area contributed by atoms with E-state index in [1.165, 1.54) is 27.8 Å². The van der Waals surface area contributed by atoms with Crippen molar-refractivity contribution in [2.45, 2.75) is 78.6 Å². The van der Waals surface area contributed by atoms with Crippen LogP contribution in [0.1, 0.15) is 63.1 Å². The molecule has 15 heteroatoms. The van der Waals surface area contributed by atoms with Crippen LogP contribution in [0.5, 0.6) is 0 Å². The SMILES string of the molecule is Cc1nc(CC(=O)N2CCCNC(=O)Cn3nc(-c4ccccc4)nc3[C@H](C)NC(=O)[C@@H](CC(C)C)NC(=O)[C@@H](C)NC(=O)C2)cs1. The van der Waals surface area contributed by atoms with Crippen LogP contribution in [0.3, 0.4) is 0 Å². The molecular weight excluding hydrogens is 622 g/mol. The highest BCUT2D eigenvalue weighted by molar-refractivity contribution is 7.09. The van der Waals surface area contributed by atoms with E-state index in [9.17, 15) is 24.0 Å². The van der Waals surface area contributed by atoms with Gasteiger partial charge in [-0.2, -0.15) is 5.10 Å². The molecule has 3 atom stereocenters. The third-order valence-corrected chi connectivity index (χ3v) is 8.32. The first kappa shape index (κ1) is 35.2. The Morgan fingerprint density at radius 1 is 0.957 bits per heavy atom. The fourth-order valence-corrected chi connectivity index (χ4v) is 5.75. The van der Waals surface area contributed by atoms with Crippen LogP contribution in [0.2, 0.25) is 0 Å². The average Bonchev–Trinajstić information content (AvgIpc) is 3.63. The van der Waals surface area contributed by atoms with Crippen molar-refractivity contribution in [3.63, 3.8) is 0 Å². The molecule has 47 heavy (non-hydrogen) atoms. The van der Waals surface area contributed by atoms with Gasteiger partial charge in [-0.3, -0.25) is 24.0 Å². The van der Waals surface area contributed by atoms with Gasteiger partial charge >= 0.3 is 0 Å². The number of nitrogens with one attached hydrogen (secondary N) is 4. The minimum Gasteiger partial charge on any atom is -0.354 e. The van der Waals surface area contributed by atoms with Gasteiger partial charge < -0.3 is 26.2 Å². The van der Waals surface area contributed by atoms with Crippen molar-refractivity contribution >= 4 is 40.9 Å². The number of rotatable bonds is 5. The minimum atomic E-state index is -0.974. The van der Waals surface area contributed by atoms with Crippen LogP contribution in [-0.4, -0.2) is 85.9 Å². The molecule has 0 fully saturated rings. The molecular formula is C32H43N9O5S. The molecule has 4 rings (SSSR count). The number of aromatic nitrogens is 4. The van der Waals surface area contributed by atoms with Crippen LogP contribution in [-0.2, 0) is 36.9 Å². The molecule has 0 saturated carbocycles. The summed E-state index contributed by atoms with van der Waals surface area (Å²) in [5.41, 5.74) is 1.36. The molecule has 0 unspecified atom stereocenters. The maximum absolute atomic E-state index is 13.5. The number of hydrogen-bond donors (Lipinski definition) is 4. The van der Waals surface area contributed by atoms with Crippen LogP contribution >= 0.6 is 11.3 Å². The first-order valence-corrected chi connectivity index (χ1v) is 16.6. The smallest absolute Gasteiger partial charge is 0.243 e. The zero-order valence-electron chi connectivity index (χ0n) is 27.4. The molecule has 1 aromatic carbocycles. The number of hydrogen-bond acceptors (Lipinski definition) is 9. The Balaban J connectivity index is 1.60. The van der Waals surface area contributed by atoms with Gasteiger partial charge in [-0.15, -0.1) is 11.3 Å². The van der Waals surface area contributed by atoms with Crippen LogP contribution in [0.15, 0.2) is 35.7 Å². The lowest BCUT2D eigenvalue weighted by atomic mass is 10.0. The van der Waals surface area contributed by atoms with E-state index in [4.69, 9.17) is 0 Å². The predicted octanol–water partition coefficient (Wildman–Crippen LogP) is 1.51. The molecule has 0 radical (unpaired) electrons. The number of thiazole rings is 1. The van der Waals surface area contributed by atoms with Crippen molar-refractivity contribution in [3.05, 3.63) is 52.2 Å². The second kappa shape index (κ2) is 16.3. The van der Waals surface area contributed by atoms with Crippen molar-refractivity contribution in [1.29, 1.82) is 0 Å². The van der Waals surface area contributed by atoms with Gasteiger partial charge in [0.25, 0.3) is 0 Å². The number of carbonyl (C=O) groups is 5. The zero-order valence-corrected chi connectivity index (χ0v) is 28.2. The van der Waals surface area contributed by atoms with Gasteiger partial charge in [-0.25, -0.2) is 14.6 Å². The van der Waals surface area contributed by atoms with Gasteiger partial charge in [0.1, 0.15) is 24.5 Å². The normalized spacial score (nSPS) is 20.6. The Labute approximate surface area is 278 Å². The Morgan fingerprint density at radius 2 is 1.70 bits per heavy atom. The zero-order chi connectivity index (χ0) is 34.1. The Morgan fingerprint density at radius 3 is 2.38 bits per heavy atom. The lowest BCUT2D eigenvalue weighted by Crippen LogP contribution is -2.54.